The Morgan fingerprint density at radius 2 is 1.76 bits per heavy atom. The SMILES string of the molecule is CC(C)CNC(=O)C(C)NCc1ccccc1CC(=O)O. The molecule has 1 aromatic carbocycles. The van der Waals surface area contributed by atoms with Gasteiger partial charge in [-0.2, -0.15) is 0 Å². The summed E-state index contributed by atoms with van der Waals surface area (Å²) in [6, 6.07) is 7.05. The number of hydrogen-bond acceptors (Lipinski definition) is 3. The Morgan fingerprint density at radius 3 is 2.33 bits per heavy atom. The average molecular weight is 292 g/mol. The van der Waals surface area contributed by atoms with Crippen LogP contribution in [-0.2, 0) is 22.6 Å². The van der Waals surface area contributed by atoms with E-state index in [1.165, 1.54) is 0 Å². The third-order valence-corrected chi connectivity index (χ3v) is 3.14. The third kappa shape index (κ3) is 6.40. The Morgan fingerprint density at radius 1 is 1.14 bits per heavy atom. The Hall–Kier alpha value is -1.88. The first-order valence-electron chi connectivity index (χ1n) is 7.19. The number of rotatable bonds is 8. The molecule has 0 fully saturated rings. The van der Waals surface area contributed by atoms with Crippen molar-refractivity contribution in [3.05, 3.63) is 35.4 Å². The summed E-state index contributed by atoms with van der Waals surface area (Å²) in [6.07, 6.45) is -0.00815. The molecule has 0 saturated carbocycles. The van der Waals surface area contributed by atoms with Crippen molar-refractivity contribution in [2.45, 2.75) is 39.8 Å². The molecule has 0 radical (unpaired) electrons. The van der Waals surface area contributed by atoms with Crippen molar-refractivity contribution in [3.8, 4) is 0 Å². The van der Waals surface area contributed by atoms with Gasteiger partial charge >= 0.3 is 5.97 Å². The summed E-state index contributed by atoms with van der Waals surface area (Å²) in [4.78, 5) is 22.7. The number of amides is 1. The highest BCUT2D eigenvalue weighted by Crippen LogP contribution is 2.09. The minimum atomic E-state index is -0.856. The second-order valence-electron chi connectivity index (χ2n) is 5.58. The van der Waals surface area contributed by atoms with Gasteiger partial charge in [-0.3, -0.25) is 9.59 Å². The quantitative estimate of drug-likeness (QED) is 0.679. The van der Waals surface area contributed by atoms with Crippen LogP contribution in [0.25, 0.3) is 0 Å². The first-order valence-corrected chi connectivity index (χ1v) is 7.19. The lowest BCUT2D eigenvalue weighted by atomic mass is 10.0. The summed E-state index contributed by atoms with van der Waals surface area (Å²) in [6.45, 7) is 7.01. The van der Waals surface area contributed by atoms with Crippen LogP contribution in [0.4, 0.5) is 0 Å². The molecule has 0 aliphatic rings. The van der Waals surface area contributed by atoms with Crippen molar-refractivity contribution in [1.29, 1.82) is 0 Å². The van der Waals surface area contributed by atoms with Gasteiger partial charge in [0.15, 0.2) is 0 Å². The van der Waals surface area contributed by atoms with Crippen LogP contribution in [0.1, 0.15) is 31.9 Å². The lowest BCUT2D eigenvalue weighted by Crippen LogP contribution is -2.43. The Balaban J connectivity index is 2.54. The second-order valence-corrected chi connectivity index (χ2v) is 5.58. The van der Waals surface area contributed by atoms with E-state index in [1.807, 2.05) is 32.0 Å². The number of hydrogen-bond donors (Lipinski definition) is 3. The summed E-state index contributed by atoms with van der Waals surface area (Å²) in [5, 5.41) is 14.9. The molecule has 0 bridgehead atoms. The molecule has 1 atom stereocenters. The zero-order valence-corrected chi connectivity index (χ0v) is 12.8. The third-order valence-electron chi connectivity index (χ3n) is 3.14. The monoisotopic (exact) mass is 292 g/mol. The number of carboxylic acids is 1. The van der Waals surface area contributed by atoms with Gasteiger partial charge in [0.05, 0.1) is 12.5 Å². The fraction of sp³-hybridized carbons (Fsp3) is 0.500. The van der Waals surface area contributed by atoms with Crippen molar-refractivity contribution in [3.63, 3.8) is 0 Å². The Labute approximate surface area is 125 Å². The van der Waals surface area contributed by atoms with E-state index in [0.29, 0.717) is 19.0 Å². The number of carbonyl (C=O) groups is 2. The van der Waals surface area contributed by atoms with E-state index in [2.05, 4.69) is 10.6 Å². The van der Waals surface area contributed by atoms with Crippen LogP contribution >= 0.6 is 0 Å². The molecule has 116 valence electrons. The molecule has 21 heavy (non-hydrogen) atoms. The lowest BCUT2D eigenvalue weighted by Gasteiger charge is -2.16. The predicted molar refractivity (Wildman–Crippen MR) is 81.9 cm³/mol. The maximum atomic E-state index is 11.9. The summed E-state index contributed by atoms with van der Waals surface area (Å²) < 4.78 is 0. The molecule has 1 unspecified atom stereocenters. The average Bonchev–Trinajstić information content (AvgIpc) is 2.42. The summed E-state index contributed by atoms with van der Waals surface area (Å²) in [5.41, 5.74) is 1.68. The minimum Gasteiger partial charge on any atom is -0.481 e. The summed E-state index contributed by atoms with van der Waals surface area (Å²) >= 11 is 0. The molecule has 1 amide bonds. The molecule has 0 heterocycles. The minimum absolute atomic E-state index is 0.00815. The normalized spacial score (nSPS) is 12.2. The standard InChI is InChI=1S/C16H24N2O3/c1-11(2)9-18-16(21)12(3)17-10-14-7-5-4-6-13(14)8-15(19)20/h4-7,11-12,17H,8-10H2,1-3H3,(H,18,21)(H,19,20). The lowest BCUT2D eigenvalue weighted by molar-refractivity contribution is -0.136. The molecule has 3 N–H and O–H groups in total. The highest BCUT2D eigenvalue weighted by molar-refractivity contribution is 5.81. The van der Waals surface area contributed by atoms with Gasteiger partial charge in [0.2, 0.25) is 5.91 Å². The highest BCUT2D eigenvalue weighted by Gasteiger charge is 2.13. The molecule has 1 rings (SSSR count). The predicted octanol–water partition coefficient (Wildman–Crippen LogP) is 1.56. The largest absolute Gasteiger partial charge is 0.481 e. The van der Waals surface area contributed by atoms with Crippen molar-refractivity contribution in [2.24, 2.45) is 5.92 Å². The van der Waals surface area contributed by atoms with E-state index >= 15 is 0 Å². The van der Waals surface area contributed by atoms with E-state index in [9.17, 15) is 9.59 Å². The van der Waals surface area contributed by atoms with E-state index in [1.54, 1.807) is 13.0 Å². The van der Waals surface area contributed by atoms with Crippen molar-refractivity contribution < 1.29 is 14.7 Å². The first kappa shape index (κ1) is 17.2. The van der Waals surface area contributed by atoms with Crippen LogP contribution < -0.4 is 10.6 Å². The first-order chi connectivity index (χ1) is 9.90. The van der Waals surface area contributed by atoms with E-state index < -0.39 is 5.97 Å². The van der Waals surface area contributed by atoms with Crippen molar-refractivity contribution in [1.82, 2.24) is 10.6 Å². The van der Waals surface area contributed by atoms with E-state index in [0.717, 1.165) is 11.1 Å². The van der Waals surface area contributed by atoms with Gasteiger partial charge in [-0.05, 0) is 24.0 Å². The maximum Gasteiger partial charge on any atom is 0.307 e. The smallest absolute Gasteiger partial charge is 0.307 e. The number of carbonyl (C=O) groups excluding carboxylic acids is 1. The van der Waals surface area contributed by atoms with Gasteiger partial charge in [-0.25, -0.2) is 0 Å². The number of carboxylic acid groups (broad SMARTS) is 1. The molecule has 5 heteroatoms. The summed E-state index contributed by atoms with van der Waals surface area (Å²) in [5.74, 6) is -0.484. The molecule has 0 aliphatic carbocycles. The highest BCUT2D eigenvalue weighted by atomic mass is 16.4. The summed E-state index contributed by atoms with van der Waals surface area (Å²) in [7, 11) is 0. The van der Waals surface area contributed by atoms with Crippen LogP contribution in [0.2, 0.25) is 0 Å². The van der Waals surface area contributed by atoms with E-state index in [-0.39, 0.29) is 18.4 Å². The molecule has 5 nitrogen and oxygen atoms in total. The Kier molecular flexibility index (Phi) is 6.88. The molecular weight excluding hydrogens is 268 g/mol. The van der Waals surface area contributed by atoms with Gasteiger partial charge in [-0.15, -0.1) is 0 Å². The van der Waals surface area contributed by atoms with Gasteiger partial charge in [-0.1, -0.05) is 38.1 Å². The topological polar surface area (TPSA) is 78.4 Å². The molecule has 1 aromatic rings. The fourth-order valence-corrected chi connectivity index (χ4v) is 1.88. The number of benzene rings is 1. The van der Waals surface area contributed by atoms with Gasteiger partial charge in [0.1, 0.15) is 0 Å². The number of nitrogens with one attached hydrogen (secondary N) is 2. The molecule has 0 aliphatic heterocycles. The molecule has 0 spiro atoms. The second kappa shape index (κ2) is 8.42. The van der Waals surface area contributed by atoms with Crippen LogP contribution in [0.5, 0.6) is 0 Å². The van der Waals surface area contributed by atoms with Gasteiger partial charge < -0.3 is 15.7 Å². The molecule has 0 aromatic heterocycles. The van der Waals surface area contributed by atoms with Crippen molar-refractivity contribution in [2.75, 3.05) is 6.54 Å². The number of aliphatic carboxylic acids is 1. The zero-order chi connectivity index (χ0) is 15.8. The van der Waals surface area contributed by atoms with Gasteiger partial charge in [0, 0.05) is 13.1 Å². The fourth-order valence-electron chi connectivity index (χ4n) is 1.88. The van der Waals surface area contributed by atoms with Crippen LogP contribution in [0.3, 0.4) is 0 Å². The zero-order valence-electron chi connectivity index (χ0n) is 12.8. The molecule has 0 saturated heterocycles. The van der Waals surface area contributed by atoms with Crippen LogP contribution in [0.15, 0.2) is 24.3 Å². The van der Waals surface area contributed by atoms with Gasteiger partial charge in [0.25, 0.3) is 0 Å². The van der Waals surface area contributed by atoms with Crippen molar-refractivity contribution >= 4 is 11.9 Å². The van der Waals surface area contributed by atoms with Crippen LogP contribution in [-0.4, -0.2) is 29.6 Å². The Bertz CT molecular complexity index is 486. The maximum absolute atomic E-state index is 11.9. The van der Waals surface area contributed by atoms with Crippen LogP contribution in [0, 0.1) is 5.92 Å². The van der Waals surface area contributed by atoms with E-state index in [4.69, 9.17) is 5.11 Å². The molecular formula is C16H24N2O3.